The Kier molecular flexibility index (Phi) is 11.3. The number of amides is 3. The fourth-order valence-electron chi connectivity index (χ4n) is 3.77. The Balaban J connectivity index is 2.22. The number of nitrogens with two attached hydrogens (primary N) is 1. The fraction of sp³-hybridized carbons (Fsp3) is 0.407. The van der Waals surface area contributed by atoms with Gasteiger partial charge in [0.2, 0.25) is 11.8 Å². The topological polar surface area (TPSA) is 143 Å². The summed E-state index contributed by atoms with van der Waals surface area (Å²) in [5.74, 6) is -2.51. The molecule has 1 heterocycles. The molecule has 12 heteroatoms. The van der Waals surface area contributed by atoms with Gasteiger partial charge in [-0.15, -0.1) is 0 Å². The molecule has 3 amide bonds. The lowest BCUT2D eigenvalue weighted by Gasteiger charge is -2.23. The van der Waals surface area contributed by atoms with E-state index in [9.17, 15) is 32.3 Å². The van der Waals surface area contributed by atoms with Crippen molar-refractivity contribution in [1.29, 1.82) is 0 Å². The Morgan fingerprint density at radius 1 is 1.08 bits per heavy atom. The zero-order valence-corrected chi connectivity index (χ0v) is 21.9. The largest absolute Gasteiger partial charge is 0.463 e. The van der Waals surface area contributed by atoms with Gasteiger partial charge in [0.15, 0.2) is 0 Å². The second-order valence-electron chi connectivity index (χ2n) is 9.22. The summed E-state index contributed by atoms with van der Waals surface area (Å²) in [5, 5.41) is 5.31. The third-order valence-electron chi connectivity index (χ3n) is 5.56. The number of aromatic amines is 1. The summed E-state index contributed by atoms with van der Waals surface area (Å²) in [5.41, 5.74) is 4.31. The van der Waals surface area contributed by atoms with Crippen LogP contribution in [0.2, 0.25) is 0 Å². The van der Waals surface area contributed by atoms with Crippen molar-refractivity contribution < 1.29 is 37.1 Å². The minimum atomic E-state index is -4.59. The quantitative estimate of drug-likeness (QED) is 0.222. The van der Waals surface area contributed by atoms with Gasteiger partial charge in [-0.2, -0.15) is 13.2 Å². The third kappa shape index (κ3) is 9.95. The van der Waals surface area contributed by atoms with E-state index in [4.69, 9.17) is 10.5 Å². The second kappa shape index (κ2) is 14.2. The van der Waals surface area contributed by atoms with Crippen molar-refractivity contribution in [2.75, 3.05) is 6.61 Å². The van der Waals surface area contributed by atoms with Gasteiger partial charge in [0, 0.05) is 29.8 Å². The van der Waals surface area contributed by atoms with Gasteiger partial charge < -0.3 is 26.1 Å². The summed E-state index contributed by atoms with van der Waals surface area (Å²) in [6.07, 6.45) is -1.79. The molecule has 2 rings (SSSR count). The van der Waals surface area contributed by atoms with Gasteiger partial charge in [0.05, 0.1) is 12.2 Å². The van der Waals surface area contributed by atoms with Crippen LogP contribution in [0.3, 0.4) is 0 Å². The molecule has 212 valence electrons. The molecular formula is C27H33F3N4O5. The zero-order valence-electron chi connectivity index (χ0n) is 21.9. The molecule has 0 bridgehead atoms. The summed E-state index contributed by atoms with van der Waals surface area (Å²) in [7, 11) is 0. The van der Waals surface area contributed by atoms with Gasteiger partial charge in [-0.1, -0.05) is 38.1 Å². The molecule has 0 fully saturated rings. The highest BCUT2D eigenvalue weighted by molar-refractivity contribution is 5.97. The number of carbonyl (C=O) groups excluding carboxylic acids is 4. The summed E-state index contributed by atoms with van der Waals surface area (Å²) in [6, 6.07) is 5.90. The predicted octanol–water partition coefficient (Wildman–Crippen LogP) is 3.71. The van der Waals surface area contributed by atoms with Crippen LogP contribution < -0.4 is 16.4 Å². The van der Waals surface area contributed by atoms with E-state index in [0.717, 1.165) is 12.1 Å². The molecule has 0 aliphatic heterocycles. The SMILES string of the molecule is CCOC(=O)/C=C/[C@H](CCC(N)=O)NC(=O)[C@H](CC(C)C)NC(=O)c1ccc(-c2ccccc2C(F)(F)F)[nH]1. The van der Waals surface area contributed by atoms with Crippen molar-refractivity contribution in [3.8, 4) is 11.3 Å². The molecule has 0 aliphatic carbocycles. The number of hydrogen-bond acceptors (Lipinski definition) is 5. The molecule has 0 saturated heterocycles. The van der Waals surface area contributed by atoms with Gasteiger partial charge >= 0.3 is 12.1 Å². The molecule has 0 aliphatic rings. The van der Waals surface area contributed by atoms with E-state index in [0.29, 0.717) is 0 Å². The highest BCUT2D eigenvalue weighted by atomic mass is 19.4. The Labute approximate surface area is 224 Å². The summed E-state index contributed by atoms with van der Waals surface area (Å²) < 4.78 is 45.1. The number of halogens is 3. The van der Waals surface area contributed by atoms with Gasteiger partial charge in [-0.25, -0.2) is 4.79 Å². The fourth-order valence-corrected chi connectivity index (χ4v) is 3.77. The molecule has 0 unspecified atom stereocenters. The number of hydrogen-bond donors (Lipinski definition) is 4. The summed E-state index contributed by atoms with van der Waals surface area (Å²) in [6.45, 7) is 5.49. The van der Waals surface area contributed by atoms with Gasteiger partial charge in [-0.05, 0) is 43.9 Å². The van der Waals surface area contributed by atoms with Crippen LogP contribution >= 0.6 is 0 Å². The number of benzene rings is 1. The van der Waals surface area contributed by atoms with Crippen LogP contribution in [0.5, 0.6) is 0 Å². The van der Waals surface area contributed by atoms with Crippen LogP contribution in [0.1, 0.15) is 56.1 Å². The standard InChI is InChI=1S/C27H33F3N4O5/c1-4-39-24(36)14-10-17(9-13-23(31)35)32-26(38)22(15-16(2)3)34-25(37)21-12-11-20(33-21)18-7-5-6-8-19(18)27(28,29)30/h5-8,10-12,14,16-17,22,33H,4,9,13,15H2,1-3H3,(H2,31,35)(H,32,38)(H,34,37)/b14-10+/t17-,22-/m0/s1. The predicted molar refractivity (Wildman–Crippen MR) is 138 cm³/mol. The molecule has 2 aromatic rings. The monoisotopic (exact) mass is 550 g/mol. The number of aromatic nitrogens is 1. The second-order valence-corrected chi connectivity index (χ2v) is 9.22. The number of H-pyrrole nitrogens is 1. The van der Waals surface area contributed by atoms with E-state index in [-0.39, 0.29) is 48.7 Å². The highest BCUT2D eigenvalue weighted by Gasteiger charge is 2.34. The van der Waals surface area contributed by atoms with Crippen molar-refractivity contribution >= 4 is 23.7 Å². The normalized spacial score (nSPS) is 13.2. The van der Waals surface area contributed by atoms with Crippen LogP contribution in [0.4, 0.5) is 13.2 Å². The molecular weight excluding hydrogens is 517 g/mol. The Morgan fingerprint density at radius 2 is 1.77 bits per heavy atom. The highest BCUT2D eigenvalue weighted by Crippen LogP contribution is 2.36. The molecule has 1 aromatic heterocycles. The number of ether oxygens (including phenoxy) is 1. The maximum atomic E-state index is 13.4. The first-order chi connectivity index (χ1) is 18.3. The van der Waals surface area contributed by atoms with E-state index in [1.165, 1.54) is 36.4 Å². The minimum absolute atomic E-state index is 0.0157. The van der Waals surface area contributed by atoms with E-state index < -0.39 is 47.5 Å². The number of rotatable bonds is 13. The number of carbonyl (C=O) groups is 4. The molecule has 0 radical (unpaired) electrons. The van der Waals surface area contributed by atoms with E-state index in [2.05, 4.69) is 15.6 Å². The van der Waals surface area contributed by atoms with Crippen molar-refractivity contribution in [3.05, 3.63) is 59.8 Å². The molecule has 39 heavy (non-hydrogen) atoms. The van der Waals surface area contributed by atoms with Crippen molar-refractivity contribution in [2.24, 2.45) is 11.7 Å². The lowest BCUT2D eigenvalue weighted by molar-refractivity contribution is -0.138. The first kappa shape index (κ1) is 31.1. The van der Waals surface area contributed by atoms with Crippen molar-refractivity contribution in [3.63, 3.8) is 0 Å². The first-order valence-corrected chi connectivity index (χ1v) is 12.4. The third-order valence-corrected chi connectivity index (χ3v) is 5.56. The van der Waals surface area contributed by atoms with Crippen molar-refractivity contribution in [1.82, 2.24) is 15.6 Å². The van der Waals surface area contributed by atoms with E-state index in [1.54, 1.807) is 6.92 Å². The lowest BCUT2D eigenvalue weighted by atomic mass is 10.0. The van der Waals surface area contributed by atoms with Crippen LogP contribution in [-0.4, -0.2) is 47.4 Å². The van der Waals surface area contributed by atoms with E-state index >= 15 is 0 Å². The molecule has 1 aromatic carbocycles. The Bertz CT molecular complexity index is 1190. The maximum absolute atomic E-state index is 13.4. The Morgan fingerprint density at radius 3 is 2.38 bits per heavy atom. The summed E-state index contributed by atoms with van der Waals surface area (Å²) >= 11 is 0. The van der Waals surface area contributed by atoms with Crippen molar-refractivity contribution in [2.45, 2.75) is 58.3 Å². The smallest absolute Gasteiger partial charge is 0.417 e. The van der Waals surface area contributed by atoms with Gasteiger partial charge in [0.25, 0.3) is 5.91 Å². The number of nitrogens with one attached hydrogen (secondary N) is 3. The Hall–Kier alpha value is -4.09. The zero-order chi connectivity index (χ0) is 29.2. The molecule has 2 atom stereocenters. The molecule has 0 spiro atoms. The van der Waals surface area contributed by atoms with Crippen LogP contribution in [0, 0.1) is 5.92 Å². The van der Waals surface area contributed by atoms with Gasteiger partial charge in [0.1, 0.15) is 11.7 Å². The van der Waals surface area contributed by atoms with E-state index in [1.807, 2.05) is 13.8 Å². The molecule has 5 N–H and O–H groups in total. The average molecular weight is 551 g/mol. The number of esters is 1. The van der Waals surface area contributed by atoms with Crippen LogP contribution in [-0.2, 0) is 25.3 Å². The van der Waals surface area contributed by atoms with Crippen LogP contribution in [0.15, 0.2) is 48.6 Å². The van der Waals surface area contributed by atoms with Gasteiger partial charge in [-0.3, -0.25) is 14.4 Å². The lowest BCUT2D eigenvalue weighted by Crippen LogP contribution is -2.50. The first-order valence-electron chi connectivity index (χ1n) is 12.4. The van der Waals surface area contributed by atoms with Crippen LogP contribution in [0.25, 0.3) is 11.3 Å². The number of primary amides is 1. The average Bonchev–Trinajstić information content (AvgIpc) is 3.35. The molecule has 9 nitrogen and oxygen atoms in total. The maximum Gasteiger partial charge on any atom is 0.417 e. The molecule has 0 saturated carbocycles. The summed E-state index contributed by atoms with van der Waals surface area (Å²) in [4.78, 5) is 51.8. The number of alkyl halides is 3. The minimum Gasteiger partial charge on any atom is -0.463 e.